The number of rotatable bonds is 12. The van der Waals surface area contributed by atoms with Gasteiger partial charge in [0.05, 0.1) is 13.7 Å². The minimum atomic E-state index is -3.06. The van der Waals surface area contributed by atoms with Crippen LogP contribution < -0.4 is 14.4 Å². The molecule has 1 saturated carbocycles. The lowest BCUT2D eigenvalue weighted by molar-refractivity contribution is 0.222. The number of hydrogen-bond donors (Lipinski definition) is 1. The van der Waals surface area contributed by atoms with E-state index in [0.29, 0.717) is 30.0 Å². The molecule has 1 unspecified atom stereocenters. The zero-order valence-corrected chi connectivity index (χ0v) is 25.0. The Balaban J connectivity index is 1.33. The van der Waals surface area contributed by atoms with Crippen LogP contribution in [0.2, 0.25) is 0 Å². The standard InChI is InChI=1S/C32H48NO4P/c1-32(2,3)17-7-9-26-13-14-28(36-4)21-31(26)33-18-15-24(16-19-33)22-37-29-10-6-8-27(20-29)30(25-11-12-25)23-38(5,34)35/h6,8,10,13-14,20-21,24-25,30H,7,9,11-12,15-19,22-23H2,1-5H3,(H,34,35)/t30-/m0/s1. The molecule has 1 aliphatic carbocycles. The van der Waals surface area contributed by atoms with E-state index >= 15 is 0 Å². The van der Waals surface area contributed by atoms with Gasteiger partial charge in [-0.05, 0) is 97.4 Å². The highest BCUT2D eigenvalue weighted by atomic mass is 31.2. The van der Waals surface area contributed by atoms with Crippen LogP contribution in [0.4, 0.5) is 5.69 Å². The second-order valence-corrected chi connectivity index (χ2v) is 15.4. The Bertz CT molecular complexity index is 1090. The molecule has 2 aromatic carbocycles. The first-order chi connectivity index (χ1) is 18.0. The molecule has 5 nitrogen and oxygen atoms in total. The average Bonchev–Trinajstić information content (AvgIpc) is 3.71. The van der Waals surface area contributed by atoms with Gasteiger partial charge >= 0.3 is 0 Å². The van der Waals surface area contributed by atoms with Gasteiger partial charge in [-0.1, -0.05) is 39.0 Å². The van der Waals surface area contributed by atoms with Crippen molar-refractivity contribution in [2.75, 3.05) is 44.5 Å². The summed E-state index contributed by atoms with van der Waals surface area (Å²) < 4.78 is 24.0. The molecule has 0 radical (unpaired) electrons. The summed E-state index contributed by atoms with van der Waals surface area (Å²) in [6.45, 7) is 11.2. The quantitative estimate of drug-likeness (QED) is 0.278. The van der Waals surface area contributed by atoms with Gasteiger partial charge in [-0.3, -0.25) is 4.57 Å². The summed E-state index contributed by atoms with van der Waals surface area (Å²) in [4.78, 5) is 12.5. The molecule has 1 saturated heterocycles. The maximum absolute atomic E-state index is 12.1. The Labute approximate surface area is 230 Å². The minimum absolute atomic E-state index is 0.156. The SMILES string of the molecule is COc1ccc(CCCC(C)(C)C)c(N2CCC(COc3cccc([C@@H](CP(C)(=O)O)C4CC4)c3)CC2)c1. The number of piperidine rings is 1. The highest BCUT2D eigenvalue weighted by Crippen LogP contribution is 2.50. The molecule has 1 heterocycles. The first kappa shape index (κ1) is 29.0. The summed E-state index contributed by atoms with van der Waals surface area (Å²) in [5, 5.41) is 0. The fourth-order valence-corrected chi connectivity index (χ4v) is 7.00. The third-order valence-corrected chi connectivity index (χ3v) is 9.19. The first-order valence-corrected chi connectivity index (χ1v) is 16.7. The second kappa shape index (κ2) is 12.5. The monoisotopic (exact) mass is 541 g/mol. The Morgan fingerprint density at radius 1 is 1.05 bits per heavy atom. The van der Waals surface area contributed by atoms with Gasteiger partial charge in [0.25, 0.3) is 0 Å². The maximum atomic E-state index is 12.1. The molecule has 1 aliphatic heterocycles. The first-order valence-electron chi connectivity index (χ1n) is 14.4. The van der Waals surface area contributed by atoms with Crippen molar-refractivity contribution in [1.82, 2.24) is 0 Å². The molecular weight excluding hydrogens is 493 g/mol. The minimum Gasteiger partial charge on any atom is -0.497 e. The van der Waals surface area contributed by atoms with Crippen LogP contribution in [0.5, 0.6) is 11.5 Å². The normalized spacial score (nSPS) is 19.2. The number of methoxy groups -OCH3 is 1. The zero-order chi connectivity index (χ0) is 27.3. The number of nitrogens with zero attached hydrogens (tertiary/aromatic N) is 1. The molecule has 38 heavy (non-hydrogen) atoms. The lowest BCUT2D eigenvalue weighted by Gasteiger charge is -2.35. The Morgan fingerprint density at radius 3 is 2.42 bits per heavy atom. The zero-order valence-electron chi connectivity index (χ0n) is 24.1. The van der Waals surface area contributed by atoms with E-state index in [9.17, 15) is 9.46 Å². The van der Waals surface area contributed by atoms with E-state index in [1.54, 1.807) is 7.11 Å². The summed E-state index contributed by atoms with van der Waals surface area (Å²) in [6, 6.07) is 14.8. The summed E-state index contributed by atoms with van der Waals surface area (Å²) in [5.74, 6) is 3.02. The van der Waals surface area contributed by atoms with Crippen LogP contribution in [0, 0.1) is 17.3 Å². The molecule has 2 aliphatic rings. The number of aryl methyl sites for hydroxylation is 1. The second-order valence-electron chi connectivity index (χ2n) is 12.9. The largest absolute Gasteiger partial charge is 0.497 e. The van der Waals surface area contributed by atoms with Crippen LogP contribution in [-0.2, 0) is 11.0 Å². The van der Waals surface area contributed by atoms with Crippen molar-refractivity contribution in [3.8, 4) is 11.5 Å². The van der Waals surface area contributed by atoms with Gasteiger partial charge in [0.15, 0.2) is 7.37 Å². The van der Waals surface area contributed by atoms with Crippen LogP contribution in [0.3, 0.4) is 0 Å². The van der Waals surface area contributed by atoms with Crippen molar-refractivity contribution in [2.45, 2.75) is 71.6 Å². The van der Waals surface area contributed by atoms with E-state index in [0.717, 1.165) is 62.3 Å². The van der Waals surface area contributed by atoms with Crippen LogP contribution in [0.1, 0.15) is 76.3 Å². The van der Waals surface area contributed by atoms with Crippen LogP contribution >= 0.6 is 7.37 Å². The smallest absolute Gasteiger partial charge is 0.198 e. The van der Waals surface area contributed by atoms with Crippen LogP contribution in [0.15, 0.2) is 42.5 Å². The molecule has 0 aromatic heterocycles. The molecule has 4 rings (SSSR count). The van der Waals surface area contributed by atoms with Crippen molar-refractivity contribution >= 4 is 13.1 Å². The molecule has 6 heteroatoms. The lowest BCUT2D eigenvalue weighted by Crippen LogP contribution is -2.36. The van der Waals surface area contributed by atoms with E-state index in [1.807, 2.05) is 12.1 Å². The summed E-state index contributed by atoms with van der Waals surface area (Å²) in [6.07, 6.45) is 8.39. The number of hydrogen-bond acceptors (Lipinski definition) is 4. The third-order valence-electron chi connectivity index (χ3n) is 8.12. The Kier molecular flexibility index (Phi) is 9.53. The van der Waals surface area contributed by atoms with Crippen LogP contribution in [-0.4, -0.2) is 44.5 Å². The Morgan fingerprint density at radius 2 is 1.79 bits per heavy atom. The highest BCUT2D eigenvalue weighted by molar-refractivity contribution is 7.57. The maximum Gasteiger partial charge on any atom is 0.198 e. The van der Waals surface area contributed by atoms with E-state index in [4.69, 9.17) is 9.47 Å². The molecule has 2 aromatic rings. The van der Waals surface area contributed by atoms with Gasteiger partial charge in [0.2, 0.25) is 0 Å². The predicted molar refractivity (Wildman–Crippen MR) is 158 cm³/mol. The average molecular weight is 542 g/mol. The van der Waals surface area contributed by atoms with Gasteiger partial charge in [0.1, 0.15) is 11.5 Å². The third kappa shape index (κ3) is 8.78. The molecule has 0 spiro atoms. The van der Waals surface area contributed by atoms with Crippen LogP contribution in [0.25, 0.3) is 0 Å². The van der Waals surface area contributed by atoms with Crippen molar-refractivity contribution in [1.29, 1.82) is 0 Å². The molecule has 1 N–H and O–H groups in total. The topological polar surface area (TPSA) is 59.0 Å². The molecular formula is C32H48NO4P. The van der Waals surface area contributed by atoms with Gasteiger partial charge in [0, 0.05) is 37.7 Å². The summed E-state index contributed by atoms with van der Waals surface area (Å²) >= 11 is 0. The van der Waals surface area contributed by atoms with E-state index in [1.165, 1.54) is 30.8 Å². The molecule has 0 bridgehead atoms. The molecule has 210 valence electrons. The van der Waals surface area contributed by atoms with Gasteiger partial charge in [-0.2, -0.15) is 0 Å². The Hall–Kier alpha value is -1.97. The molecule has 2 atom stereocenters. The van der Waals surface area contributed by atoms with Crippen molar-refractivity contribution < 1.29 is 18.9 Å². The molecule has 0 amide bonds. The van der Waals surface area contributed by atoms with Gasteiger partial charge < -0.3 is 19.3 Å². The number of anilines is 1. The lowest BCUT2D eigenvalue weighted by atomic mass is 9.88. The van der Waals surface area contributed by atoms with E-state index < -0.39 is 7.37 Å². The van der Waals surface area contributed by atoms with Gasteiger partial charge in [-0.25, -0.2) is 0 Å². The van der Waals surface area contributed by atoms with Crippen molar-refractivity contribution in [3.05, 3.63) is 53.6 Å². The fraction of sp³-hybridized carbons (Fsp3) is 0.625. The van der Waals surface area contributed by atoms with Gasteiger partial charge in [-0.15, -0.1) is 0 Å². The van der Waals surface area contributed by atoms with Crippen molar-refractivity contribution in [2.24, 2.45) is 17.3 Å². The molecule has 2 fully saturated rings. The number of benzene rings is 2. The van der Waals surface area contributed by atoms with Crippen molar-refractivity contribution in [3.63, 3.8) is 0 Å². The summed E-state index contributed by atoms with van der Waals surface area (Å²) in [7, 11) is -1.32. The van der Waals surface area contributed by atoms with E-state index in [2.05, 4.69) is 56.0 Å². The van der Waals surface area contributed by atoms with E-state index in [-0.39, 0.29) is 5.92 Å². The number of ether oxygens (including phenoxy) is 2. The summed E-state index contributed by atoms with van der Waals surface area (Å²) in [5.41, 5.74) is 4.26. The highest BCUT2D eigenvalue weighted by Gasteiger charge is 2.35. The fourth-order valence-electron chi connectivity index (χ4n) is 5.77. The predicted octanol–water partition coefficient (Wildman–Crippen LogP) is 7.75.